The summed E-state index contributed by atoms with van der Waals surface area (Å²) >= 11 is 0. The van der Waals surface area contributed by atoms with Crippen molar-refractivity contribution < 1.29 is 44.7 Å². The van der Waals surface area contributed by atoms with Crippen molar-refractivity contribution in [1.82, 2.24) is 0 Å². The average molecular weight is 372 g/mol. The van der Waals surface area contributed by atoms with Gasteiger partial charge in [-0.2, -0.15) is 0 Å². The Kier molecular flexibility index (Phi) is 3.69. The standard InChI is InChI=1S/C18H12O9/c1-4-3-6(20)9(18(26)27)10-7(4)13(21)11-12(15(10)23)17(25)16(24)8(5(2)19)14(11)22/h3,20,22,24-25H,1-2H3,(H,26,27). The summed E-state index contributed by atoms with van der Waals surface area (Å²) < 4.78 is 0. The van der Waals surface area contributed by atoms with Crippen LogP contribution in [0.25, 0.3) is 0 Å². The largest absolute Gasteiger partial charge is 0.507 e. The number of rotatable bonds is 2. The molecule has 3 rings (SSSR count). The summed E-state index contributed by atoms with van der Waals surface area (Å²) in [5.41, 5.74) is -4.19. The topological polar surface area (TPSA) is 169 Å². The number of aromatic carboxylic acids is 1. The molecular weight excluding hydrogens is 360 g/mol. The Morgan fingerprint density at radius 3 is 1.81 bits per heavy atom. The number of carboxylic acid groups (broad SMARTS) is 1. The van der Waals surface area contributed by atoms with Crippen molar-refractivity contribution in [3.05, 3.63) is 45.0 Å². The van der Waals surface area contributed by atoms with Crippen LogP contribution < -0.4 is 0 Å². The van der Waals surface area contributed by atoms with Gasteiger partial charge in [-0.15, -0.1) is 0 Å². The maximum Gasteiger partial charge on any atom is 0.340 e. The van der Waals surface area contributed by atoms with Gasteiger partial charge in [0.05, 0.1) is 16.7 Å². The van der Waals surface area contributed by atoms with E-state index >= 15 is 0 Å². The van der Waals surface area contributed by atoms with E-state index in [4.69, 9.17) is 0 Å². The summed E-state index contributed by atoms with van der Waals surface area (Å²) in [5.74, 6) is -8.82. The number of ketones is 3. The van der Waals surface area contributed by atoms with E-state index in [1.165, 1.54) is 6.92 Å². The van der Waals surface area contributed by atoms with Gasteiger partial charge in [0.1, 0.15) is 22.6 Å². The van der Waals surface area contributed by atoms with Crippen molar-refractivity contribution in [3.63, 3.8) is 0 Å². The van der Waals surface area contributed by atoms with Gasteiger partial charge in [0, 0.05) is 5.56 Å². The molecule has 0 heterocycles. The molecule has 5 N–H and O–H groups in total. The van der Waals surface area contributed by atoms with E-state index in [1.54, 1.807) is 0 Å². The molecule has 138 valence electrons. The van der Waals surface area contributed by atoms with Crippen LogP contribution in [0.1, 0.15) is 65.0 Å². The number of hydrogen-bond acceptors (Lipinski definition) is 8. The zero-order valence-corrected chi connectivity index (χ0v) is 13.9. The monoisotopic (exact) mass is 372 g/mol. The van der Waals surface area contributed by atoms with Gasteiger partial charge in [0.25, 0.3) is 0 Å². The Bertz CT molecular complexity index is 1110. The number of fused-ring (bicyclic) bond motifs is 2. The fourth-order valence-electron chi connectivity index (χ4n) is 3.27. The minimum absolute atomic E-state index is 0.0489. The van der Waals surface area contributed by atoms with E-state index in [2.05, 4.69) is 0 Å². The highest BCUT2D eigenvalue weighted by molar-refractivity contribution is 6.34. The Hall–Kier alpha value is -3.88. The van der Waals surface area contributed by atoms with Crippen LogP contribution in [0.15, 0.2) is 6.07 Å². The zero-order valence-electron chi connectivity index (χ0n) is 13.9. The van der Waals surface area contributed by atoms with Crippen LogP contribution in [0, 0.1) is 6.92 Å². The Morgan fingerprint density at radius 1 is 0.778 bits per heavy atom. The number of carbonyl (C=O) groups is 4. The number of carbonyl (C=O) groups excluding carboxylic acids is 3. The third-order valence-electron chi connectivity index (χ3n) is 4.40. The third kappa shape index (κ3) is 2.18. The number of benzene rings is 2. The molecule has 0 radical (unpaired) electrons. The molecule has 2 aromatic rings. The van der Waals surface area contributed by atoms with Crippen LogP contribution >= 0.6 is 0 Å². The van der Waals surface area contributed by atoms with Gasteiger partial charge in [-0.25, -0.2) is 4.79 Å². The van der Waals surface area contributed by atoms with Crippen LogP contribution in [-0.4, -0.2) is 48.9 Å². The Labute approximate surface area is 150 Å². The number of hydrogen-bond donors (Lipinski definition) is 5. The molecule has 1 aliphatic carbocycles. The molecule has 2 aromatic carbocycles. The smallest absolute Gasteiger partial charge is 0.340 e. The van der Waals surface area contributed by atoms with E-state index in [9.17, 15) is 44.7 Å². The molecule has 0 spiro atoms. The number of aromatic hydroxyl groups is 4. The first-order valence-corrected chi connectivity index (χ1v) is 7.51. The van der Waals surface area contributed by atoms with Gasteiger partial charge < -0.3 is 25.5 Å². The lowest BCUT2D eigenvalue weighted by Crippen LogP contribution is -2.26. The molecule has 0 aromatic heterocycles. The highest BCUT2D eigenvalue weighted by atomic mass is 16.4. The molecule has 0 unspecified atom stereocenters. The minimum Gasteiger partial charge on any atom is -0.507 e. The molecule has 9 heteroatoms. The molecule has 0 bridgehead atoms. The SMILES string of the molecule is CC(=O)c1c(O)c(O)c2c(c1O)C(=O)c1c(C)cc(O)c(C(=O)O)c1C2=O. The second-order valence-corrected chi connectivity index (χ2v) is 6.03. The summed E-state index contributed by atoms with van der Waals surface area (Å²) in [5, 5.41) is 49.7. The van der Waals surface area contributed by atoms with Crippen LogP contribution in [0.2, 0.25) is 0 Å². The molecule has 27 heavy (non-hydrogen) atoms. The lowest BCUT2D eigenvalue weighted by Gasteiger charge is -2.24. The maximum atomic E-state index is 12.9. The van der Waals surface area contributed by atoms with Crippen molar-refractivity contribution in [1.29, 1.82) is 0 Å². The maximum absolute atomic E-state index is 12.9. The highest BCUT2D eigenvalue weighted by Crippen LogP contribution is 2.48. The second kappa shape index (κ2) is 5.56. The predicted octanol–water partition coefficient (Wildman–Crippen LogP) is 1.49. The van der Waals surface area contributed by atoms with Gasteiger partial charge in [0.15, 0.2) is 28.8 Å². The molecule has 0 fully saturated rings. The van der Waals surface area contributed by atoms with Gasteiger partial charge in [-0.3, -0.25) is 14.4 Å². The van der Waals surface area contributed by atoms with Crippen molar-refractivity contribution >= 4 is 23.3 Å². The minimum atomic E-state index is -1.69. The Morgan fingerprint density at radius 2 is 1.30 bits per heavy atom. The lowest BCUT2D eigenvalue weighted by molar-refractivity contribution is 0.0689. The number of phenols is 4. The summed E-state index contributed by atoms with van der Waals surface area (Å²) in [6.45, 7) is 2.30. The summed E-state index contributed by atoms with van der Waals surface area (Å²) in [6, 6.07) is 0.974. The molecule has 0 amide bonds. The number of phenolic OH excluding ortho intramolecular Hbond substituents is 3. The van der Waals surface area contributed by atoms with Crippen molar-refractivity contribution in [2.45, 2.75) is 13.8 Å². The molecule has 1 aliphatic rings. The van der Waals surface area contributed by atoms with Gasteiger partial charge >= 0.3 is 5.97 Å². The fourth-order valence-corrected chi connectivity index (χ4v) is 3.27. The first-order chi connectivity index (χ1) is 12.5. The van der Waals surface area contributed by atoms with Crippen LogP contribution in [0.3, 0.4) is 0 Å². The van der Waals surface area contributed by atoms with Crippen molar-refractivity contribution in [3.8, 4) is 23.0 Å². The molecule has 0 aliphatic heterocycles. The average Bonchev–Trinajstić information content (AvgIpc) is 2.54. The van der Waals surface area contributed by atoms with Crippen molar-refractivity contribution in [2.24, 2.45) is 0 Å². The molecule has 0 saturated heterocycles. The number of carboxylic acids is 1. The van der Waals surface area contributed by atoms with Crippen LogP contribution in [0.5, 0.6) is 23.0 Å². The van der Waals surface area contributed by atoms with Gasteiger partial charge in [0.2, 0.25) is 0 Å². The summed E-state index contributed by atoms with van der Waals surface area (Å²) in [6.07, 6.45) is 0. The summed E-state index contributed by atoms with van der Waals surface area (Å²) in [7, 11) is 0. The first-order valence-electron chi connectivity index (χ1n) is 7.51. The second-order valence-electron chi connectivity index (χ2n) is 6.03. The molecule has 0 atom stereocenters. The summed E-state index contributed by atoms with van der Waals surface area (Å²) in [4.78, 5) is 49.0. The number of Topliss-reactive ketones (excluding diaryl/α,β-unsaturated/α-hetero) is 1. The van der Waals surface area contributed by atoms with E-state index < -0.39 is 79.7 Å². The quantitative estimate of drug-likeness (QED) is 0.254. The van der Waals surface area contributed by atoms with Crippen LogP contribution in [0.4, 0.5) is 0 Å². The lowest BCUT2D eigenvalue weighted by atomic mass is 9.77. The highest BCUT2D eigenvalue weighted by Gasteiger charge is 2.42. The van der Waals surface area contributed by atoms with E-state index in [0.717, 1.165) is 13.0 Å². The third-order valence-corrected chi connectivity index (χ3v) is 4.40. The normalized spacial score (nSPS) is 12.5. The molecular formula is C18H12O9. The van der Waals surface area contributed by atoms with Gasteiger partial charge in [-0.1, -0.05) is 0 Å². The fraction of sp³-hybridized carbons (Fsp3) is 0.111. The predicted molar refractivity (Wildman–Crippen MR) is 88.1 cm³/mol. The van der Waals surface area contributed by atoms with Crippen molar-refractivity contribution in [2.75, 3.05) is 0 Å². The first kappa shape index (κ1) is 17.9. The van der Waals surface area contributed by atoms with Crippen LogP contribution in [-0.2, 0) is 0 Å². The van der Waals surface area contributed by atoms with E-state index in [1.807, 2.05) is 0 Å². The van der Waals surface area contributed by atoms with E-state index in [-0.39, 0.29) is 5.56 Å². The number of aryl methyl sites for hydroxylation is 1. The Balaban J connectivity index is 2.54. The molecule has 9 nitrogen and oxygen atoms in total. The van der Waals surface area contributed by atoms with Gasteiger partial charge in [-0.05, 0) is 25.5 Å². The zero-order chi connectivity index (χ0) is 20.4. The van der Waals surface area contributed by atoms with E-state index in [0.29, 0.717) is 0 Å². The molecule has 0 saturated carbocycles.